The van der Waals surface area contributed by atoms with Crippen molar-refractivity contribution >= 4 is 37.8 Å². The molecule has 1 aromatic rings. The molecule has 0 saturated heterocycles. The molecule has 0 N–H and O–H groups in total. The molecular weight excluding hydrogens is 288 g/mol. The second-order valence-electron chi connectivity index (χ2n) is 2.46. The average Bonchev–Trinajstić information content (AvgIpc) is 2.42. The van der Waals surface area contributed by atoms with Crippen molar-refractivity contribution < 1.29 is 9.53 Å². The molecule has 0 unspecified atom stereocenters. The van der Waals surface area contributed by atoms with Gasteiger partial charge in [-0.2, -0.15) is 0 Å². The largest absolute Gasteiger partial charge is 0.457 e. The van der Waals surface area contributed by atoms with E-state index in [1.807, 2.05) is 12.1 Å². The summed E-state index contributed by atoms with van der Waals surface area (Å²) >= 11 is 6.66. The predicted octanol–water partition coefficient (Wildman–Crippen LogP) is 2.88. The fraction of sp³-hybridized carbons (Fsp3) is 0.125. The highest BCUT2D eigenvalue weighted by atomic mass is 79.9. The standard InChI is InChI=1S/C8H4Br2O2/c9-5-1-2-6(10)7-4(5)3-12-8(7)11/h1-2H,3H2. The van der Waals surface area contributed by atoms with E-state index in [0.29, 0.717) is 12.2 Å². The Morgan fingerprint density at radius 2 is 1.92 bits per heavy atom. The molecule has 0 amide bonds. The third-order valence-corrected chi connectivity index (χ3v) is 3.16. The first-order valence-electron chi connectivity index (χ1n) is 3.34. The van der Waals surface area contributed by atoms with Crippen LogP contribution in [0.4, 0.5) is 0 Å². The van der Waals surface area contributed by atoms with Gasteiger partial charge in [0, 0.05) is 14.5 Å². The first kappa shape index (κ1) is 8.26. The first-order chi connectivity index (χ1) is 5.70. The highest BCUT2D eigenvalue weighted by molar-refractivity contribution is 9.11. The molecule has 1 heterocycles. The minimum Gasteiger partial charge on any atom is -0.457 e. The van der Waals surface area contributed by atoms with Gasteiger partial charge in [-0.3, -0.25) is 0 Å². The van der Waals surface area contributed by atoms with Gasteiger partial charge in [0.25, 0.3) is 0 Å². The maximum atomic E-state index is 11.2. The number of benzene rings is 1. The Kier molecular flexibility index (Phi) is 1.96. The number of carbonyl (C=O) groups excluding carboxylic acids is 1. The Morgan fingerprint density at radius 3 is 2.58 bits per heavy atom. The molecule has 0 atom stereocenters. The van der Waals surface area contributed by atoms with E-state index >= 15 is 0 Å². The second kappa shape index (κ2) is 2.85. The molecule has 1 aromatic carbocycles. The fourth-order valence-corrected chi connectivity index (χ4v) is 2.14. The Bertz CT molecular complexity index is 360. The lowest BCUT2D eigenvalue weighted by Gasteiger charge is -1.98. The van der Waals surface area contributed by atoms with Gasteiger partial charge in [-0.25, -0.2) is 4.79 Å². The molecule has 2 nitrogen and oxygen atoms in total. The lowest BCUT2D eigenvalue weighted by molar-refractivity contribution is 0.0534. The molecule has 2 rings (SSSR count). The molecule has 12 heavy (non-hydrogen) atoms. The van der Waals surface area contributed by atoms with Crippen LogP contribution >= 0.6 is 31.9 Å². The van der Waals surface area contributed by atoms with Gasteiger partial charge in [0.15, 0.2) is 0 Å². The van der Waals surface area contributed by atoms with Gasteiger partial charge in [0.2, 0.25) is 0 Å². The minimum atomic E-state index is -0.252. The lowest BCUT2D eigenvalue weighted by atomic mass is 10.1. The van der Waals surface area contributed by atoms with Crippen molar-refractivity contribution in [3.8, 4) is 0 Å². The molecule has 62 valence electrons. The van der Waals surface area contributed by atoms with Crippen molar-refractivity contribution in [3.05, 3.63) is 32.2 Å². The van der Waals surface area contributed by atoms with E-state index in [2.05, 4.69) is 31.9 Å². The molecule has 0 aliphatic carbocycles. The Balaban J connectivity index is 2.72. The summed E-state index contributed by atoms with van der Waals surface area (Å²) in [5.41, 5.74) is 1.57. The van der Waals surface area contributed by atoms with Crippen molar-refractivity contribution in [1.82, 2.24) is 0 Å². The summed E-state index contributed by atoms with van der Waals surface area (Å²) in [5, 5.41) is 0. The van der Waals surface area contributed by atoms with Gasteiger partial charge >= 0.3 is 5.97 Å². The maximum absolute atomic E-state index is 11.2. The second-order valence-corrected chi connectivity index (χ2v) is 4.17. The number of halogens is 2. The highest BCUT2D eigenvalue weighted by Gasteiger charge is 2.25. The molecular formula is C8H4Br2O2. The van der Waals surface area contributed by atoms with E-state index in [0.717, 1.165) is 14.5 Å². The third-order valence-electron chi connectivity index (χ3n) is 1.76. The summed E-state index contributed by atoms with van der Waals surface area (Å²) in [6.45, 7) is 0.369. The quantitative estimate of drug-likeness (QED) is 0.687. The number of hydrogen-bond acceptors (Lipinski definition) is 2. The van der Waals surface area contributed by atoms with Crippen molar-refractivity contribution in [2.45, 2.75) is 6.61 Å². The van der Waals surface area contributed by atoms with E-state index in [-0.39, 0.29) is 5.97 Å². The van der Waals surface area contributed by atoms with Crippen LogP contribution in [0.5, 0.6) is 0 Å². The summed E-state index contributed by atoms with van der Waals surface area (Å²) in [5.74, 6) is -0.252. The van der Waals surface area contributed by atoms with Crippen molar-refractivity contribution in [3.63, 3.8) is 0 Å². The number of esters is 1. The van der Waals surface area contributed by atoms with Crippen LogP contribution in [-0.4, -0.2) is 5.97 Å². The molecule has 0 saturated carbocycles. The number of fused-ring (bicyclic) bond motifs is 1. The normalized spacial score (nSPS) is 14.3. The van der Waals surface area contributed by atoms with Crippen LogP contribution in [0.1, 0.15) is 15.9 Å². The van der Waals surface area contributed by atoms with Gasteiger partial charge in [-0.1, -0.05) is 15.9 Å². The minimum absolute atomic E-state index is 0.252. The number of carbonyl (C=O) groups is 1. The maximum Gasteiger partial charge on any atom is 0.340 e. The van der Waals surface area contributed by atoms with Gasteiger partial charge in [0.05, 0.1) is 5.56 Å². The van der Waals surface area contributed by atoms with E-state index in [4.69, 9.17) is 4.74 Å². The number of ether oxygens (including phenoxy) is 1. The van der Waals surface area contributed by atoms with Gasteiger partial charge in [0.1, 0.15) is 6.61 Å². The molecule has 1 aliphatic rings. The van der Waals surface area contributed by atoms with Gasteiger partial charge in [-0.05, 0) is 28.1 Å². The van der Waals surface area contributed by atoms with Crippen LogP contribution in [0.15, 0.2) is 21.1 Å². The summed E-state index contributed by atoms with van der Waals surface area (Å²) in [6, 6.07) is 3.72. The zero-order chi connectivity index (χ0) is 8.72. The summed E-state index contributed by atoms with van der Waals surface area (Å²) < 4.78 is 6.60. The molecule has 0 spiro atoms. The molecule has 0 radical (unpaired) electrons. The summed E-state index contributed by atoms with van der Waals surface area (Å²) in [7, 11) is 0. The fourth-order valence-electron chi connectivity index (χ4n) is 1.17. The monoisotopic (exact) mass is 290 g/mol. The topological polar surface area (TPSA) is 26.3 Å². The molecule has 0 fully saturated rings. The molecule has 0 aromatic heterocycles. The smallest absolute Gasteiger partial charge is 0.340 e. The van der Waals surface area contributed by atoms with Crippen LogP contribution in [0, 0.1) is 0 Å². The number of cyclic esters (lactones) is 1. The van der Waals surface area contributed by atoms with E-state index in [9.17, 15) is 4.79 Å². The number of rotatable bonds is 0. The predicted molar refractivity (Wildman–Crippen MR) is 51.0 cm³/mol. The van der Waals surface area contributed by atoms with E-state index in [1.54, 1.807) is 0 Å². The SMILES string of the molecule is O=C1OCc2c(Br)ccc(Br)c21. The van der Waals surface area contributed by atoms with Crippen molar-refractivity contribution in [2.24, 2.45) is 0 Å². The first-order valence-corrected chi connectivity index (χ1v) is 4.93. The molecule has 0 bridgehead atoms. The summed E-state index contributed by atoms with van der Waals surface area (Å²) in [6.07, 6.45) is 0. The Hall–Kier alpha value is -0.350. The van der Waals surface area contributed by atoms with Crippen molar-refractivity contribution in [2.75, 3.05) is 0 Å². The van der Waals surface area contributed by atoms with Gasteiger partial charge in [-0.15, -0.1) is 0 Å². The Labute approximate surface area is 86.2 Å². The van der Waals surface area contributed by atoms with Crippen LogP contribution in [-0.2, 0) is 11.3 Å². The lowest BCUT2D eigenvalue weighted by Crippen LogP contribution is -1.94. The van der Waals surface area contributed by atoms with Crippen LogP contribution in [0.25, 0.3) is 0 Å². The molecule has 4 heteroatoms. The van der Waals surface area contributed by atoms with E-state index in [1.165, 1.54) is 0 Å². The van der Waals surface area contributed by atoms with Crippen LogP contribution in [0.2, 0.25) is 0 Å². The number of hydrogen-bond donors (Lipinski definition) is 0. The Morgan fingerprint density at radius 1 is 1.25 bits per heavy atom. The van der Waals surface area contributed by atoms with Crippen LogP contribution < -0.4 is 0 Å². The van der Waals surface area contributed by atoms with Gasteiger partial charge < -0.3 is 4.74 Å². The zero-order valence-corrected chi connectivity index (χ0v) is 9.11. The van der Waals surface area contributed by atoms with Crippen LogP contribution in [0.3, 0.4) is 0 Å². The highest BCUT2D eigenvalue weighted by Crippen LogP contribution is 2.32. The summed E-state index contributed by atoms with van der Waals surface area (Å²) in [4.78, 5) is 11.2. The average molecular weight is 292 g/mol. The molecule has 1 aliphatic heterocycles. The third kappa shape index (κ3) is 1.10. The van der Waals surface area contributed by atoms with Crippen molar-refractivity contribution in [1.29, 1.82) is 0 Å². The van der Waals surface area contributed by atoms with E-state index < -0.39 is 0 Å². The zero-order valence-electron chi connectivity index (χ0n) is 5.93.